The summed E-state index contributed by atoms with van der Waals surface area (Å²) in [7, 11) is 0. The van der Waals surface area contributed by atoms with E-state index in [1.54, 1.807) is 25.7 Å². The summed E-state index contributed by atoms with van der Waals surface area (Å²) in [5.41, 5.74) is 0. The van der Waals surface area contributed by atoms with E-state index in [2.05, 4.69) is 4.90 Å². The van der Waals surface area contributed by atoms with Gasteiger partial charge in [-0.1, -0.05) is 70.6 Å². The largest absolute Gasteiger partial charge is 0.294 e. The second-order valence-corrected chi connectivity index (χ2v) is 10.00. The van der Waals surface area contributed by atoms with E-state index in [1.165, 1.54) is 96.3 Å². The number of hydrogen-bond donors (Lipinski definition) is 0. The highest BCUT2D eigenvalue weighted by atomic mass is 15.2. The molecular formula is C24H43N. The molecule has 4 rings (SSSR count). The van der Waals surface area contributed by atoms with Crippen molar-refractivity contribution in [3.63, 3.8) is 0 Å². The van der Waals surface area contributed by atoms with Gasteiger partial charge in [0, 0.05) is 18.1 Å². The molecule has 0 aliphatic heterocycles. The fourth-order valence-corrected chi connectivity index (χ4v) is 7.13. The third-order valence-corrected chi connectivity index (χ3v) is 8.47. The van der Waals surface area contributed by atoms with Crippen LogP contribution < -0.4 is 0 Å². The molecule has 4 aliphatic carbocycles. The summed E-state index contributed by atoms with van der Waals surface area (Å²) in [4.78, 5) is 3.15. The molecule has 1 nitrogen and oxygen atoms in total. The maximum absolute atomic E-state index is 3.15. The Labute approximate surface area is 157 Å². The Morgan fingerprint density at radius 1 is 0.320 bits per heavy atom. The van der Waals surface area contributed by atoms with E-state index in [0.717, 1.165) is 30.0 Å². The first-order chi connectivity index (χ1) is 12.4. The zero-order chi connectivity index (χ0) is 16.9. The predicted octanol–water partition coefficient (Wildman–Crippen LogP) is 7.09. The lowest BCUT2D eigenvalue weighted by atomic mass is 9.71. The molecule has 0 radical (unpaired) electrons. The lowest BCUT2D eigenvalue weighted by Gasteiger charge is -2.49. The highest BCUT2D eigenvalue weighted by Crippen LogP contribution is 2.42. The summed E-state index contributed by atoms with van der Waals surface area (Å²) < 4.78 is 0. The van der Waals surface area contributed by atoms with Crippen molar-refractivity contribution >= 4 is 0 Å². The van der Waals surface area contributed by atoms with E-state index < -0.39 is 0 Å². The van der Waals surface area contributed by atoms with Gasteiger partial charge in [-0.15, -0.1) is 0 Å². The second-order valence-electron chi connectivity index (χ2n) is 10.00. The Morgan fingerprint density at radius 2 is 0.680 bits per heavy atom. The van der Waals surface area contributed by atoms with Crippen molar-refractivity contribution in [3.8, 4) is 0 Å². The Bertz CT molecular complexity index is 348. The fourth-order valence-electron chi connectivity index (χ4n) is 7.13. The molecule has 4 aliphatic rings. The summed E-state index contributed by atoms with van der Waals surface area (Å²) in [6, 6.07) is 2.85. The van der Waals surface area contributed by atoms with E-state index in [-0.39, 0.29) is 0 Å². The highest BCUT2D eigenvalue weighted by molar-refractivity contribution is 4.91. The van der Waals surface area contributed by atoms with Gasteiger partial charge in [0.25, 0.3) is 0 Å². The maximum atomic E-state index is 3.15. The van der Waals surface area contributed by atoms with Crippen molar-refractivity contribution < 1.29 is 0 Å². The molecule has 0 aromatic rings. The fraction of sp³-hybridized carbons (Fsp3) is 1.00. The summed E-state index contributed by atoms with van der Waals surface area (Å²) >= 11 is 0. The molecule has 0 saturated heterocycles. The Hall–Kier alpha value is -0.0400. The highest BCUT2D eigenvalue weighted by Gasteiger charge is 2.37. The first kappa shape index (κ1) is 18.3. The van der Waals surface area contributed by atoms with Crippen molar-refractivity contribution in [1.82, 2.24) is 4.90 Å². The standard InChI is InChI=1S/C24H43N/c1-4-10-20(11-5-1)21-16-18-24(19-17-21)25(22-12-6-2-7-13-22)23-14-8-3-9-15-23/h20-24H,1-19H2. The van der Waals surface area contributed by atoms with E-state index in [0.29, 0.717) is 0 Å². The van der Waals surface area contributed by atoms with Gasteiger partial charge in [0.2, 0.25) is 0 Å². The summed E-state index contributed by atoms with van der Waals surface area (Å²) in [6.07, 6.45) is 29.0. The minimum atomic E-state index is 0.950. The Balaban J connectivity index is 1.37. The molecule has 0 unspecified atom stereocenters. The third kappa shape index (κ3) is 4.63. The zero-order valence-corrected chi connectivity index (χ0v) is 16.8. The van der Waals surface area contributed by atoms with Crippen LogP contribution in [-0.4, -0.2) is 23.0 Å². The molecule has 0 spiro atoms. The molecule has 0 heterocycles. The molecule has 0 aromatic heterocycles. The number of hydrogen-bond acceptors (Lipinski definition) is 1. The molecule has 0 bridgehead atoms. The van der Waals surface area contributed by atoms with Crippen LogP contribution in [0.15, 0.2) is 0 Å². The van der Waals surface area contributed by atoms with Crippen molar-refractivity contribution in [3.05, 3.63) is 0 Å². The van der Waals surface area contributed by atoms with Crippen LogP contribution in [-0.2, 0) is 0 Å². The molecule has 0 amide bonds. The van der Waals surface area contributed by atoms with Crippen LogP contribution in [0.3, 0.4) is 0 Å². The van der Waals surface area contributed by atoms with Crippen molar-refractivity contribution in [2.45, 2.75) is 140 Å². The molecule has 0 aromatic carbocycles. The van der Waals surface area contributed by atoms with Crippen LogP contribution in [0.25, 0.3) is 0 Å². The molecule has 144 valence electrons. The van der Waals surface area contributed by atoms with Gasteiger partial charge < -0.3 is 0 Å². The van der Waals surface area contributed by atoms with Gasteiger partial charge in [-0.3, -0.25) is 4.90 Å². The monoisotopic (exact) mass is 345 g/mol. The lowest BCUT2D eigenvalue weighted by Crippen LogP contribution is -2.52. The third-order valence-electron chi connectivity index (χ3n) is 8.47. The topological polar surface area (TPSA) is 3.24 Å². The lowest BCUT2D eigenvalue weighted by molar-refractivity contribution is 0.00905. The zero-order valence-electron chi connectivity index (χ0n) is 16.8. The molecule has 1 heteroatoms. The molecule has 4 fully saturated rings. The number of rotatable bonds is 4. The molecule has 25 heavy (non-hydrogen) atoms. The van der Waals surface area contributed by atoms with E-state index in [4.69, 9.17) is 0 Å². The van der Waals surface area contributed by atoms with E-state index in [9.17, 15) is 0 Å². The minimum absolute atomic E-state index is 0.950. The second kappa shape index (κ2) is 9.25. The quantitative estimate of drug-likeness (QED) is 0.525. The molecular weight excluding hydrogens is 302 g/mol. The van der Waals surface area contributed by atoms with Crippen LogP contribution in [0.5, 0.6) is 0 Å². The van der Waals surface area contributed by atoms with E-state index in [1.807, 2.05) is 0 Å². The summed E-state index contributed by atoms with van der Waals surface area (Å²) in [6.45, 7) is 0. The van der Waals surface area contributed by atoms with Crippen molar-refractivity contribution in [1.29, 1.82) is 0 Å². The average Bonchev–Trinajstić information content (AvgIpc) is 2.71. The molecule has 0 atom stereocenters. The van der Waals surface area contributed by atoms with Crippen molar-refractivity contribution in [2.75, 3.05) is 0 Å². The smallest absolute Gasteiger partial charge is 0.0101 e. The van der Waals surface area contributed by atoms with E-state index >= 15 is 0 Å². The van der Waals surface area contributed by atoms with Crippen molar-refractivity contribution in [2.24, 2.45) is 11.8 Å². The van der Waals surface area contributed by atoms with Crippen LogP contribution in [0.2, 0.25) is 0 Å². The molecule has 0 N–H and O–H groups in total. The normalized spacial score (nSPS) is 34.4. The van der Waals surface area contributed by atoms with Gasteiger partial charge in [-0.2, -0.15) is 0 Å². The first-order valence-corrected chi connectivity index (χ1v) is 12.2. The minimum Gasteiger partial charge on any atom is -0.294 e. The van der Waals surface area contributed by atoms with Gasteiger partial charge in [-0.25, -0.2) is 0 Å². The van der Waals surface area contributed by atoms with Crippen LogP contribution in [0, 0.1) is 11.8 Å². The average molecular weight is 346 g/mol. The SMILES string of the molecule is C1CCC(C2CCC(N(C3CCCCC3)C3CCCCC3)CC2)CC1. The van der Waals surface area contributed by atoms with Crippen LogP contribution >= 0.6 is 0 Å². The Morgan fingerprint density at radius 3 is 1.16 bits per heavy atom. The van der Waals surface area contributed by atoms with Gasteiger partial charge in [-0.05, 0) is 63.2 Å². The number of nitrogens with zero attached hydrogens (tertiary/aromatic N) is 1. The van der Waals surface area contributed by atoms with Gasteiger partial charge in [0.15, 0.2) is 0 Å². The summed E-state index contributed by atoms with van der Waals surface area (Å²) in [5, 5.41) is 0. The Kier molecular flexibility index (Phi) is 6.78. The van der Waals surface area contributed by atoms with Gasteiger partial charge in [0.1, 0.15) is 0 Å². The maximum Gasteiger partial charge on any atom is 0.0101 e. The van der Waals surface area contributed by atoms with Crippen LogP contribution in [0.4, 0.5) is 0 Å². The first-order valence-electron chi connectivity index (χ1n) is 12.2. The summed E-state index contributed by atoms with van der Waals surface area (Å²) in [5.74, 6) is 2.20. The van der Waals surface area contributed by atoms with Gasteiger partial charge >= 0.3 is 0 Å². The van der Waals surface area contributed by atoms with Crippen LogP contribution in [0.1, 0.15) is 122 Å². The molecule has 4 saturated carbocycles. The predicted molar refractivity (Wildman–Crippen MR) is 108 cm³/mol. The van der Waals surface area contributed by atoms with Gasteiger partial charge in [0.05, 0.1) is 0 Å².